The zero-order chi connectivity index (χ0) is 17.1. The molecule has 6 rings (SSSR count). The molecule has 1 heterocycles. The monoisotopic (exact) mass is 364 g/mol. The highest BCUT2D eigenvalue weighted by Crippen LogP contribution is 2.68. The van der Waals surface area contributed by atoms with E-state index in [-0.39, 0.29) is 12.2 Å². The molecule has 0 amide bonds. The van der Waals surface area contributed by atoms with Crippen molar-refractivity contribution in [2.45, 2.75) is 44.5 Å². The summed E-state index contributed by atoms with van der Waals surface area (Å²) in [4.78, 5) is 0. The highest BCUT2D eigenvalue weighted by Gasteiger charge is 2.68. The molecule has 1 aromatic carbocycles. The van der Waals surface area contributed by atoms with Crippen LogP contribution in [0.15, 0.2) is 30.3 Å². The van der Waals surface area contributed by atoms with Crippen molar-refractivity contribution in [2.75, 3.05) is 13.9 Å². The van der Waals surface area contributed by atoms with E-state index in [0.717, 1.165) is 37.0 Å². The Morgan fingerprint density at radius 2 is 1.56 bits per heavy atom. The smallest absolute Gasteiger partial charge is 0.308 e. The van der Waals surface area contributed by atoms with Gasteiger partial charge in [0.2, 0.25) is 0 Å². The maximum Gasteiger partial charge on any atom is 0.365 e. The molecule has 0 radical (unpaired) electrons. The quantitative estimate of drug-likeness (QED) is 0.738. The van der Waals surface area contributed by atoms with Crippen molar-refractivity contribution in [1.82, 2.24) is 0 Å². The fraction of sp³-hybridized carbons (Fsp3) is 0.684. The molecule has 1 saturated heterocycles. The van der Waals surface area contributed by atoms with Gasteiger partial charge in [-0.1, -0.05) is 18.2 Å². The number of ether oxygens (including phenoxy) is 2. The molecule has 0 N–H and O–H groups in total. The maximum atomic E-state index is 13.5. The topological polar surface area (TPSA) is 54.0 Å². The highest BCUT2D eigenvalue weighted by molar-refractivity contribution is 7.62. The summed E-state index contributed by atoms with van der Waals surface area (Å²) in [5, 5.41) is 0.542. The van der Waals surface area contributed by atoms with Gasteiger partial charge in [0, 0.05) is 7.11 Å². The summed E-state index contributed by atoms with van der Waals surface area (Å²) in [5.41, 5.74) is -0.191. The lowest BCUT2D eigenvalue weighted by atomic mass is 9.48. The summed E-state index contributed by atoms with van der Waals surface area (Å²) in [6.07, 6.45) is 7.06. The van der Waals surface area contributed by atoms with Crippen molar-refractivity contribution in [3.05, 3.63) is 30.3 Å². The Labute approximate surface area is 148 Å². The number of rotatable bonds is 5. The normalized spacial score (nSPS) is 40.4. The van der Waals surface area contributed by atoms with Gasteiger partial charge in [0.05, 0.1) is 10.7 Å². The molecule has 0 spiro atoms. The second-order valence-electron chi connectivity index (χ2n) is 8.27. The average molecular weight is 364 g/mol. The molecule has 1 unspecified atom stereocenters. The summed E-state index contributed by atoms with van der Waals surface area (Å²) in [5.74, 6) is 0.944. The van der Waals surface area contributed by atoms with Gasteiger partial charge in [-0.2, -0.15) is 0 Å². The minimum atomic E-state index is -3.51. The Morgan fingerprint density at radius 3 is 2.00 bits per heavy atom. The first kappa shape index (κ1) is 16.5. The van der Waals surface area contributed by atoms with Gasteiger partial charge in [-0.25, -0.2) is 4.52 Å². The average Bonchev–Trinajstić information content (AvgIpc) is 2.57. The summed E-state index contributed by atoms with van der Waals surface area (Å²) in [6.45, 7) is 0.195. The van der Waals surface area contributed by atoms with Crippen LogP contribution >= 0.6 is 7.60 Å². The van der Waals surface area contributed by atoms with E-state index in [0.29, 0.717) is 5.30 Å². The Balaban J connectivity index is 1.50. The lowest BCUT2D eigenvalue weighted by molar-refractivity contribution is -0.528. The molecule has 5 nitrogen and oxygen atoms in total. The summed E-state index contributed by atoms with van der Waals surface area (Å²) >= 11 is 0. The minimum absolute atomic E-state index is 0.191. The van der Waals surface area contributed by atoms with Gasteiger partial charge in [0.25, 0.3) is 5.97 Å². The highest BCUT2D eigenvalue weighted by atomic mass is 31.2. The largest absolute Gasteiger partial charge is 0.365 e. The zero-order valence-corrected chi connectivity index (χ0v) is 15.5. The third kappa shape index (κ3) is 2.40. The van der Waals surface area contributed by atoms with Gasteiger partial charge in [-0.15, -0.1) is 0 Å². The van der Waals surface area contributed by atoms with Crippen LogP contribution in [0.5, 0.6) is 0 Å². The van der Waals surface area contributed by atoms with E-state index in [9.17, 15) is 4.57 Å². The maximum absolute atomic E-state index is 13.5. The van der Waals surface area contributed by atoms with Crippen LogP contribution in [0.3, 0.4) is 0 Å². The Bertz CT molecular complexity index is 664. The van der Waals surface area contributed by atoms with E-state index in [2.05, 4.69) is 0 Å². The lowest BCUT2D eigenvalue weighted by Gasteiger charge is -2.63. The predicted molar refractivity (Wildman–Crippen MR) is 92.1 cm³/mol. The van der Waals surface area contributed by atoms with Crippen molar-refractivity contribution in [1.29, 1.82) is 0 Å². The Hall–Kier alpha value is -0.710. The van der Waals surface area contributed by atoms with Crippen molar-refractivity contribution < 1.29 is 23.1 Å². The van der Waals surface area contributed by atoms with Crippen LogP contribution in [0, 0.1) is 23.2 Å². The minimum Gasteiger partial charge on any atom is -0.308 e. The van der Waals surface area contributed by atoms with Crippen molar-refractivity contribution >= 4 is 12.9 Å². The third-order valence-corrected chi connectivity index (χ3v) is 8.63. The van der Waals surface area contributed by atoms with Crippen molar-refractivity contribution in [3.8, 4) is 0 Å². The summed E-state index contributed by atoms with van der Waals surface area (Å²) < 4.78 is 36.9. The number of hydrogen-bond acceptors (Lipinski definition) is 5. The first-order valence-corrected chi connectivity index (χ1v) is 10.8. The molecule has 4 bridgehead atoms. The molecule has 4 saturated carbocycles. The second kappa shape index (κ2) is 5.64. The fourth-order valence-electron chi connectivity index (χ4n) is 6.07. The van der Waals surface area contributed by atoms with Crippen LogP contribution in [0.2, 0.25) is 0 Å². The molecule has 0 aromatic heterocycles. The van der Waals surface area contributed by atoms with Crippen LogP contribution in [-0.4, -0.2) is 19.9 Å². The Kier molecular flexibility index (Phi) is 3.71. The van der Waals surface area contributed by atoms with Crippen LogP contribution in [0.4, 0.5) is 0 Å². The molecule has 25 heavy (non-hydrogen) atoms. The van der Waals surface area contributed by atoms with E-state index < -0.39 is 13.6 Å². The van der Waals surface area contributed by atoms with Crippen molar-refractivity contribution in [2.24, 2.45) is 23.2 Å². The van der Waals surface area contributed by atoms with Gasteiger partial charge in [0.1, 0.15) is 0 Å². The molecule has 1 aromatic rings. The molecular weight excluding hydrogens is 339 g/mol. The van der Waals surface area contributed by atoms with Gasteiger partial charge < -0.3 is 4.52 Å². The van der Waals surface area contributed by atoms with Crippen LogP contribution in [-0.2, 0) is 23.1 Å². The zero-order valence-electron chi connectivity index (χ0n) is 14.6. The molecule has 4 aliphatic carbocycles. The van der Waals surface area contributed by atoms with Gasteiger partial charge >= 0.3 is 7.60 Å². The van der Waals surface area contributed by atoms with Crippen molar-refractivity contribution in [3.63, 3.8) is 0 Å². The standard InChI is InChI=1S/C19H25O5P/c1-21-25(20,17-5-3-2-4-6-17)24-19(22-13-23-19)18-10-14-7-15(11-18)9-16(8-14)12-18/h2-6,14-16H,7-13H2,1H3. The molecule has 6 heteroatoms. The molecule has 5 fully saturated rings. The van der Waals surface area contributed by atoms with E-state index >= 15 is 0 Å². The first-order chi connectivity index (χ1) is 12.1. The fourth-order valence-corrected chi connectivity index (χ4v) is 7.62. The van der Waals surface area contributed by atoms with E-state index in [1.807, 2.05) is 18.2 Å². The third-order valence-electron chi connectivity index (χ3n) is 6.74. The molecule has 1 atom stereocenters. The Morgan fingerprint density at radius 1 is 1.00 bits per heavy atom. The summed E-state index contributed by atoms with van der Waals surface area (Å²) in [7, 11) is -2.08. The lowest BCUT2D eigenvalue weighted by Crippen LogP contribution is -2.66. The number of hydrogen-bond donors (Lipinski definition) is 0. The second-order valence-corrected chi connectivity index (χ2v) is 10.3. The SMILES string of the molecule is COP(=O)(OC1(C23CC4CC(CC(C4)C2)C3)OCO1)c1ccccc1. The molecule has 5 aliphatic rings. The number of benzene rings is 1. The predicted octanol–water partition coefficient (Wildman–Crippen LogP) is 4.04. The summed E-state index contributed by atoms with van der Waals surface area (Å²) in [6, 6.07) is 9.11. The van der Waals surface area contributed by atoms with E-state index in [4.69, 9.17) is 18.5 Å². The van der Waals surface area contributed by atoms with E-state index in [1.54, 1.807) is 12.1 Å². The van der Waals surface area contributed by atoms with Gasteiger partial charge in [-0.3, -0.25) is 14.0 Å². The van der Waals surface area contributed by atoms with Gasteiger partial charge in [0.15, 0.2) is 6.79 Å². The van der Waals surface area contributed by atoms with E-state index in [1.165, 1.54) is 26.4 Å². The van der Waals surface area contributed by atoms with Crippen LogP contribution < -0.4 is 5.30 Å². The first-order valence-electron chi connectivity index (χ1n) is 9.26. The van der Waals surface area contributed by atoms with Crippen LogP contribution in [0.25, 0.3) is 0 Å². The molecular formula is C19H25O5P. The van der Waals surface area contributed by atoms with Gasteiger partial charge in [-0.05, 0) is 68.4 Å². The molecule has 136 valence electrons. The van der Waals surface area contributed by atoms with Crippen LogP contribution in [0.1, 0.15) is 38.5 Å². The molecule has 1 aliphatic heterocycles.